The molecule has 1 unspecified atom stereocenters. The molecule has 0 aliphatic carbocycles. The molecule has 0 amide bonds. The highest BCUT2D eigenvalue weighted by molar-refractivity contribution is 7.86. The van der Waals surface area contributed by atoms with Gasteiger partial charge in [0, 0.05) is 0 Å². The number of hydrogen-bond acceptors (Lipinski definition) is 4. The third-order valence-electron chi connectivity index (χ3n) is 3.07. The van der Waals surface area contributed by atoms with Gasteiger partial charge in [-0.1, -0.05) is 60.7 Å². The summed E-state index contributed by atoms with van der Waals surface area (Å²) in [5.74, 6) is 0. The van der Waals surface area contributed by atoms with Gasteiger partial charge in [0.05, 0.1) is 0 Å². The van der Waals surface area contributed by atoms with E-state index >= 15 is 0 Å². The van der Waals surface area contributed by atoms with E-state index in [2.05, 4.69) is 0 Å². The molecule has 2 rings (SSSR count). The topological polar surface area (TPSA) is 94.8 Å². The second kappa shape index (κ2) is 5.34. The van der Waals surface area contributed by atoms with Crippen LogP contribution in [0.5, 0.6) is 0 Å². The van der Waals surface area contributed by atoms with Crippen LogP contribution in [-0.2, 0) is 15.7 Å². The van der Waals surface area contributed by atoms with Crippen LogP contribution in [0.4, 0.5) is 0 Å². The van der Waals surface area contributed by atoms with Gasteiger partial charge in [-0.2, -0.15) is 8.42 Å². The first-order chi connectivity index (χ1) is 9.37. The lowest BCUT2D eigenvalue weighted by atomic mass is 9.87. The number of rotatable bonds is 4. The highest BCUT2D eigenvalue weighted by Gasteiger charge is 2.46. The van der Waals surface area contributed by atoms with Gasteiger partial charge in [-0.05, 0) is 11.1 Å². The number of hydrogen-bond donors (Lipinski definition) is 3. The number of aliphatic hydroxyl groups excluding tert-OH is 1. The van der Waals surface area contributed by atoms with Crippen molar-refractivity contribution in [2.45, 2.75) is 11.0 Å². The number of benzene rings is 2. The predicted molar refractivity (Wildman–Crippen MR) is 73.4 cm³/mol. The molecule has 0 bridgehead atoms. The lowest BCUT2D eigenvalue weighted by Gasteiger charge is -2.32. The summed E-state index contributed by atoms with van der Waals surface area (Å²) in [6, 6.07) is 15.7. The van der Waals surface area contributed by atoms with E-state index in [4.69, 9.17) is 4.55 Å². The molecule has 6 heteroatoms. The average Bonchev–Trinajstić information content (AvgIpc) is 2.46. The zero-order valence-corrected chi connectivity index (χ0v) is 11.2. The third-order valence-corrected chi connectivity index (χ3v) is 3.97. The Bertz CT molecular complexity index is 628. The van der Waals surface area contributed by atoms with Crippen LogP contribution in [-0.4, -0.2) is 28.6 Å². The Hall–Kier alpha value is -1.73. The molecule has 2 aromatic carbocycles. The fourth-order valence-electron chi connectivity index (χ4n) is 2.05. The van der Waals surface area contributed by atoms with Crippen molar-refractivity contribution in [2.24, 2.45) is 0 Å². The Morgan fingerprint density at radius 2 is 1.20 bits per heavy atom. The fourth-order valence-corrected chi connectivity index (χ4v) is 2.76. The second-order valence-electron chi connectivity index (χ2n) is 4.37. The summed E-state index contributed by atoms with van der Waals surface area (Å²) in [6.07, 6.45) is 0. The molecule has 20 heavy (non-hydrogen) atoms. The molecule has 5 nitrogen and oxygen atoms in total. The average molecular weight is 294 g/mol. The quantitative estimate of drug-likeness (QED) is 0.735. The second-order valence-corrected chi connectivity index (χ2v) is 5.84. The Morgan fingerprint density at radius 1 is 0.850 bits per heavy atom. The van der Waals surface area contributed by atoms with Crippen LogP contribution in [0.1, 0.15) is 11.1 Å². The van der Waals surface area contributed by atoms with Gasteiger partial charge in [-0.3, -0.25) is 4.55 Å². The zero-order valence-electron chi connectivity index (χ0n) is 10.4. The molecule has 1 atom stereocenters. The van der Waals surface area contributed by atoms with E-state index in [9.17, 15) is 18.6 Å². The minimum atomic E-state index is -4.85. The molecule has 0 aliphatic rings. The van der Waals surface area contributed by atoms with Crippen LogP contribution in [0, 0.1) is 0 Å². The molecule has 0 radical (unpaired) electrons. The first kappa shape index (κ1) is 14.7. The minimum Gasteiger partial charge on any atom is -0.376 e. The van der Waals surface area contributed by atoms with Crippen molar-refractivity contribution in [3.05, 3.63) is 71.8 Å². The summed E-state index contributed by atoms with van der Waals surface area (Å²) in [4.78, 5) is 0. The predicted octanol–water partition coefficient (Wildman–Crippen LogP) is 1.13. The standard InChI is InChI=1S/C14H14O5S/c15-13(20(17,18)19)14(16,11-7-3-1-4-8-11)12-9-5-2-6-10-12/h1-10,13,15-16H,(H,17,18,19). The van der Waals surface area contributed by atoms with Crippen LogP contribution in [0.2, 0.25) is 0 Å². The summed E-state index contributed by atoms with van der Waals surface area (Å²) in [7, 11) is -4.85. The van der Waals surface area contributed by atoms with Crippen molar-refractivity contribution in [1.29, 1.82) is 0 Å². The summed E-state index contributed by atoms with van der Waals surface area (Å²) in [5, 5.41) is 20.7. The minimum absolute atomic E-state index is 0.163. The first-order valence-electron chi connectivity index (χ1n) is 5.84. The van der Waals surface area contributed by atoms with Gasteiger partial charge in [0.1, 0.15) is 0 Å². The van der Waals surface area contributed by atoms with Crippen molar-refractivity contribution in [3.63, 3.8) is 0 Å². The SMILES string of the molecule is O=S(=O)(O)C(O)C(O)(c1ccccc1)c1ccccc1. The fraction of sp³-hybridized carbons (Fsp3) is 0.143. The van der Waals surface area contributed by atoms with Gasteiger partial charge in [0.25, 0.3) is 10.1 Å². The van der Waals surface area contributed by atoms with Gasteiger partial charge in [-0.15, -0.1) is 0 Å². The first-order valence-corrected chi connectivity index (χ1v) is 7.35. The zero-order chi connectivity index (χ0) is 14.8. The van der Waals surface area contributed by atoms with Crippen LogP contribution >= 0.6 is 0 Å². The van der Waals surface area contributed by atoms with E-state index in [1.807, 2.05) is 0 Å². The van der Waals surface area contributed by atoms with E-state index in [-0.39, 0.29) is 11.1 Å². The van der Waals surface area contributed by atoms with Gasteiger partial charge < -0.3 is 10.2 Å². The van der Waals surface area contributed by atoms with Crippen molar-refractivity contribution in [3.8, 4) is 0 Å². The molecular weight excluding hydrogens is 280 g/mol. The van der Waals surface area contributed by atoms with Crippen LogP contribution in [0.15, 0.2) is 60.7 Å². The van der Waals surface area contributed by atoms with E-state index in [1.165, 1.54) is 24.3 Å². The van der Waals surface area contributed by atoms with E-state index < -0.39 is 21.2 Å². The molecule has 0 aliphatic heterocycles. The molecule has 3 N–H and O–H groups in total. The van der Waals surface area contributed by atoms with Crippen LogP contribution < -0.4 is 0 Å². The molecule has 106 valence electrons. The van der Waals surface area contributed by atoms with Crippen LogP contribution in [0.3, 0.4) is 0 Å². The monoisotopic (exact) mass is 294 g/mol. The molecule has 0 heterocycles. The highest BCUT2D eigenvalue weighted by Crippen LogP contribution is 2.34. The lowest BCUT2D eigenvalue weighted by Crippen LogP contribution is -2.45. The molecular formula is C14H14O5S. The van der Waals surface area contributed by atoms with Crippen molar-refractivity contribution in [2.75, 3.05) is 0 Å². The Balaban J connectivity index is 2.68. The summed E-state index contributed by atoms with van der Waals surface area (Å²) < 4.78 is 31.6. The largest absolute Gasteiger partial charge is 0.376 e. The van der Waals surface area contributed by atoms with Crippen LogP contribution in [0.25, 0.3) is 0 Å². The molecule has 0 saturated carbocycles. The van der Waals surface area contributed by atoms with Gasteiger partial charge in [-0.25, -0.2) is 0 Å². The summed E-state index contributed by atoms with van der Waals surface area (Å²) >= 11 is 0. The Kier molecular flexibility index (Phi) is 3.92. The highest BCUT2D eigenvalue weighted by atomic mass is 32.2. The van der Waals surface area contributed by atoms with E-state index in [1.54, 1.807) is 36.4 Å². The van der Waals surface area contributed by atoms with E-state index in [0.29, 0.717) is 0 Å². The van der Waals surface area contributed by atoms with Gasteiger partial charge >= 0.3 is 0 Å². The van der Waals surface area contributed by atoms with E-state index in [0.717, 1.165) is 0 Å². The van der Waals surface area contributed by atoms with Gasteiger partial charge in [0.15, 0.2) is 5.60 Å². The lowest BCUT2D eigenvalue weighted by molar-refractivity contribution is -0.0109. The third kappa shape index (κ3) is 2.59. The number of aliphatic hydroxyl groups is 2. The maximum Gasteiger partial charge on any atom is 0.295 e. The molecule has 0 spiro atoms. The van der Waals surface area contributed by atoms with Crippen molar-refractivity contribution >= 4 is 10.1 Å². The smallest absolute Gasteiger partial charge is 0.295 e. The normalized spacial score (nSPS) is 13.9. The van der Waals surface area contributed by atoms with Crippen molar-refractivity contribution < 1.29 is 23.2 Å². The maximum atomic E-state index is 11.3. The summed E-state index contributed by atoms with van der Waals surface area (Å²) in [5.41, 5.74) is -4.32. The molecule has 0 aromatic heterocycles. The van der Waals surface area contributed by atoms with Crippen molar-refractivity contribution in [1.82, 2.24) is 0 Å². The summed E-state index contributed by atoms with van der Waals surface area (Å²) in [6.45, 7) is 0. The molecule has 0 fully saturated rings. The molecule has 2 aromatic rings. The Labute approximate surface area is 116 Å². The Morgan fingerprint density at radius 3 is 1.50 bits per heavy atom. The maximum absolute atomic E-state index is 11.3. The molecule has 0 saturated heterocycles. The van der Waals surface area contributed by atoms with Gasteiger partial charge in [0.2, 0.25) is 5.44 Å².